The molecule has 0 saturated carbocycles. The maximum atomic E-state index is 11.8. The first-order valence-electron chi connectivity index (χ1n) is 6.99. The fourth-order valence-electron chi connectivity index (χ4n) is 2.09. The van der Waals surface area contributed by atoms with E-state index >= 15 is 0 Å². The van der Waals surface area contributed by atoms with Gasteiger partial charge in [0.15, 0.2) is 9.84 Å². The molecule has 0 aliphatic heterocycles. The highest BCUT2D eigenvalue weighted by Gasteiger charge is 2.19. The molecule has 9 heteroatoms. The molecule has 24 heavy (non-hydrogen) atoms. The average Bonchev–Trinajstić information content (AvgIpc) is 2.55. The number of nitrogens with zero attached hydrogens (tertiary/aromatic N) is 2. The van der Waals surface area contributed by atoms with E-state index in [0.717, 1.165) is 6.07 Å². The van der Waals surface area contributed by atoms with Gasteiger partial charge >= 0.3 is 0 Å². The van der Waals surface area contributed by atoms with Gasteiger partial charge in [0.05, 0.1) is 21.1 Å². The summed E-state index contributed by atoms with van der Waals surface area (Å²) in [6.07, 6.45) is 1.31. The summed E-state index contributed by atoms with van der Waals surface area (Å²) in [5.41, 5.74) is 5.57. The molecule has 0 atom stereocenters. The van der Waals surface area contributed by atoms with Crippen molar-refractivity contribution in [3.05, 3.63) is 63.5 Å². The second kappa shape index (κ2) is 6.75. The lowest BCUT2D eigenvalue weighted by molar-refractivity contribution is -0.385. The van der Waals surface area contributed by atoms with Crippen molar-refractivity contribution in [2.45, 2.75) is 18.2 Å². The van der Waals surface area contributed by atoms with Crippen molar-refractivity contribution in [3.63, 3.8) is 0 Å². The smallest absolute Gasteiger partial charge is 0.291 e. The van der Waals surface area contributed by atoms with E-state index in [1.165, 1.54) is 18.3 Å². The number of carbonyl (C=O) groups excluding carboxylic acids is 1. The first-order chi connectivity index (χ1) is 11.2. The van der Waals surface area contributed by atoms with Gasteiger partial charge in [-0.1, -0.05) is 19.1 Å². The van der Waals surface area contributed by atoms with E-state index in [2.05, 4.69) is 4.98 Å². The van der Waals surface area contributed by atoms with E-state index in [4.69, 9.17) is 5.73 Å². The Labute approximate surface area is 138 Å². The van der Waals surface area contributed by atoms with Gasteiger partial charge in [0.1, 0.15) is 5.69 Å². The molecule has 1 heterocycles. The van der Waals surface area contributed by atoms with Gasteiger partial charge in [-0.3, -0.25) is 19.9 Å². The fourth-order valence-corrected chi connectivity index (χ4v) is 2.97. The summed E-state index contributed by atoms with van der Waals surface area (Å²) in [6.45, 7) is 1.55. The van der Waals surface area contributed by atoms with Crippen molar-refractivity contribution in [3.8, 4) is 0 Å². The van der Waals surface area contributed by atoms with E-state index in [-0.39, 0.29) is 34.0 Å². The lowest BCUT2D eigenvalue weighted by atomic mass is 10.1. The molecule has 0 radical (unpaired) electrons. The molecule has 1 amide bonds. The van der Waals surface area contributed by atoms with Gasteiger partial charge in [-0.2, -0.15) is 0 Å². The third kappa shape index (κ3) is 3.74. The van der Waals surface area contributed by atoms with Crippen molar-refractivity contribution in [2.24, 2.45) is 5.73 Å². The van der Waals surface area contributed by atoms with Crippen molar-refractivity contribution in [1.82, 2.24) is 4.98 Å². The molecule has 0 bridgehead atoms. The number of pyridine rings is 1. The third-order valence-corrected chi connectivity index (χ3v) is 5.21. The summed E-state index contributed by atoms with van der Waals surface area (Å²) >= 11 is 0. The maximum absolute atomic E-state index is 11.8. The molecule has 0 saturated heterocycles. The Morgan fingerprint density at radius 3 is 2.42 bits per heavy atom. The zero-order chi connectivity index (χ0) is 17.9. The number of hydrogen-bond acceptors (Lipinski definition) is 6. The molecule has 0 aliphatic carbocycles. The fraction of sp³-hybridized carbons (Fsp3) is 0.200. The summed E-state index contributed by atoms with van der Waals surface area (Å²) in [5, 5.41) is 11.1. The highest BCUT2D eigenvalue weighted by atomic mass is 32.2. The first-order valence-corrected chi connectivity index (χ1v) is 8.64. The standard InChI is InChI=1S/C15H15N3O5S/c1-2-24(22,23)12-5-3-10(4-6-12)7-13-14(18(20)21)8-11(9-17-13)15(16)19/h3-6,8-9H,2,7H2,1H3,(H2,16,19). The molecule has 1 aromatic carbocycles. The van der Waals surface area contributed by atoms with Crippen LogP contribution >= 0.6 is 0 Å². The molecule has 1 aromatic heterocycles. The van der Waals surface area contributed by atoms with Gasteiger partial charge in [-0.15, -0.1) is 0 Å². The number of carbonyl (C=O) groups is 1. The van der Waals surface area contributed by atoms with Crippen LogP contribution in [-0.2, 0) is 16.3 Å². The summed E-state index contributed by atoms with van der Waals surface area (Å²) < 4.78 is 23.5. The zero-order valence-corrected chi connectivity index (χ0v) is 13.6. The molecule has 0 aliphatic rings. The molecule has 0 fully saturated rings. The monoisotopic (exact) mass is 349 g/mol. The number of aromatic nitrogens is 1. The minimum Gasteiger partial charge on any atom is -0.366 e. The van der Waals surface area contributed by atoms with Crippen LogP contribution in [0.3, 0.4) is 0 Å². The van der Waals surface area contributed by atoms with E-state index < -0.39 is 20.7 Å². The van der Waals surface area contributed by atoms with Crippen LogP contribution in [0.15, 0.2) is 41.4 Å². The minimum atomic E-state index is -3.30. The lowest BCUT2D eigenvalue weighted by Crippen LogP contribution is -2.13. The quantitative estimate of drug-likeness (QED) is 0.620. The number of rotatable bonds is 6. The van der Waals surface area contributed by atoms with Gasteiger partial charge in [0.2, 0.25) is 0 Å². The Bertz CT molecular complexity index is 892. The number of hydrogen-bond donors (Lipinski definition) is 1. The molecule has 2 N–H and O–H groups in total. The van der Waals surface area contributed by atoms with Gasteiger partial charge < -0.3 is 5.73 Å². The average molecular weight is 349 g/mol. The van der Waals surface area contributed by atoms with Crippen LogP contribution in [0.2, 0.25) is 0 Å². The van der Waals surface area contributed by atoms with Crippen LogP contribution in [0.5, 0.6) is 0 Å². The van der Waals surface area contributed by atoms with E-state index in [1.807, 2.05) is 0 Å². The predicted octanol–water partition coefficient (Wildman–Crippen LogP) is 1.47. The zero-order valence-electron chi connectivity index (χ0n) is 12.8. The summed E-state index contributed by atoms with van der Waals surface area (Å²) in [5.74, 6) is -0.806. The van der Waals surface area contributed by atoms with Crippen LogP contribution in [0, 0.1) is 10.1 Å². The van der Waals surface area contributed by atoms with Crippen LogP contribution in [-0.4, -0.2) is 30.0 Å². The number of primary amides is 1. The highest BCUT2D eigenvalue weighted by molar-refractivity contribution is 7.91. The highest BCUT2D eigenvalue weighted by Crippen LogP contribution is 2.22. The number of benzene rings is 1. The SMILES string of the molecule is CCS(=O)(=O)c1ccc(Cc2ncc(C(N)=O)cc2[N+](=O)[O-])cc1. The molecule has 2 rings (SSSR count). The second-order valence-electron chi connectivity index (χ2n) is 5.04. The van der Waals surface area contributed by atoms with Crippen LogP contribution in [0.4, 0.5) is 5.69 Å². The molecule has 126 valence electrons. The Morgan fingerprint density at radius 2 is 1.92 bits per heavy atom. The van der Waals surface area contributed by atoms with Crippen molar-refractivity contribution in [1.29, 1.82) is 0 Å². The molecule has 0 spiro atoms. The predicted molar refractivity (Wildman–Crippen MR) is 86.4 cm³/mol. The van der Waals surface area contributed by atoms with E-state index in [0.29, 0.717) is 5.56 Å². The van der Waals surface area contributed by atoms with E-state index in [1.54, 1.807) is 19.1 Å². The van der Waals surface area contributed by atoms with Crippen molar-refractivity contribution in [2.75, 3.05) is 5.75 Å². The van der Waals surface area contributed by atoms with Gasteiger partial charge in [0.25, 0.3) is 11.6 Å². The Balaban J connectivity index is 2.34. The molecule has 0 unspecified atom stereocenters. The van der Waals surface area contributed by atoms with Gasteiger partial charge in [-0.05, 0) is 17.7 Å². The third-order valence-electron chi connectivity index (χ3n) is 3.46. The molecular weight excluding hydrogens is 334 g/mol. The van der Waals surface area contributed by atoms with Crippen molar-refractivity contribution < 1.29 is 18.1 Å². The largest absolute Gasteiger partial charge is 0.366 e. The number of amides is 1. The molecule has 2 aromatic rings. The summed E-state index contributed by atoms with van der Waals surface area (Å²) in [7, 11) is -3.30. The summed E-state index contributed by atoms with van der Waals surface area (Å²) in [6, 6.07) is 7.15. The van der Waals surface area contributed by atoms with Crippen LogP contribution in [0.1, 0.15) is 28.5 Å². The van der Waals surface area contributed by atoms with Crippen LogP contribution < -0.4 is 5.73 Å². The van der Waals surface area contributed by atoms with Crippen molar-refractivity contribution >= 4 is 21.4 Å². The first kappa shape index (κ1) is 17.5. The Kier molecular flexibility index (Phi) is 4.93. The second-order valence-corrected chi connectivity index (χ2v) is 7.31. The Morgan fingerprint density at radius 1 is 1.29 bits per heavy atom. The summed E-state index contributed by atoms with van der Waals surface area (Å²) in [4.78, 5) is 25.8. The molecular formula is C15H15N3O5S. The van der Waals surface area contributed by atoms with E-state index in [9.17, 15) is 23.3 Å². The lowest BCUT2D eigenvalue weighted by Gasteiger charge is -2.06. The number of nitrogens with two attached hydrogens (primary N) is 1. The normalized spacial score (nSPS) is 11.2. The van der Waals surface area contributed by atoms with Crippen LogP contribution in [0.25, 0.3) is 0 Å². The minimum absolute atomic E-state index is 0.00600. The number of nitro groups is 1. The topological polar surface area (TPSA) is 133 Å². The Hall–Kier alpha value is -2.81. The van der Waals surface area contributed by atoms with Gasteiger partial charge in [0, 0.05) is 18.7 Å². The maximum Gasteiger partial charge on any atom is 0.291 e. The number of sulfone groups is 1. The molecule has 8 nitrogen and oxygen atoms in total. The van der Waals surface area contributed by atoms with Gasteiger partial charge in [-0.25, -0.2) is 8.42 Å².